The van der Waals surface area contributed by atoms with Gasteiger partial charge in [-0.1, -0.05) is 19.3 Å². The van der Waals surface area contributed by atoms with Crippen LogP contribution >= 0.6 is 15.9 Å². The summed E-state index contributed by atoms with van der Waals surface area (Å²) < 4.78 is 40.0. The number of rotatable bonds is 3. The maximum absolute atomic E-state index is 13.1. The zero-order chi connectivity index (χ0) is 15.7. The molecule has 0 radical (unpaired) electrons. The SMILES string of the molecule is CN(C1(C#N)CCCCC1)S(=O)(=O)c1ccc(F)cc1Br. The molecule has 0 spiro atoms. The van der Waals surface area contributed by atoms with Gasteiger partial charge < -0.3 is 0 Å². The van der Waals surface area contributed by atoms with Gasteiger partial charge in [-0.3, -0.25) is 0 Å². The summed E-state index contributed by atoms with van der Waals surface area (Å²) in [5, 5.41) is 9.51. The number of sulfonamides is 1. The third-order valence-corrected chi connectivity index (χ3v) is 6.92. The first-order valence-electron chi connectivity index (χ1n) is 6.69. The van der Waals surface area contributed by atoms with Crippen LogP contribution in [0.25, 0.3) is 0 Å². The molecule has 0 heterocycles. The van der Waals surface area contributed by atoms with Crippen molar-refractivity contribution >= 4 is 26.0 Å². The van der Waals surface area contributed by atoms with Crippen LogP contribution in [0.3, 0.4) is 0 Å². The van der Waals surface area contributed by atoms with Crippen LogP contribution in [0.1, 0.15) is 32.1 Å². The zero-order valence-electron chi connectivity index (χ0n) is 11.6. The molecule has 1 aromatic rings. The van der Waals surface area contributed by atoms with Crippen molar-refractivity contribution in [3.05, 3.63) is 28.5 Å². The number of nitrogens with zero attached hydrogens (tertiary/aromatic N) is 2. The lowest BCUT2D eigenvalue weighted by atomic mass is 9.83. The standard InChI is InChI=1S/C14H16BrFN2O2S/c1-18(14(10-17)7-3-2-4-8-14)21(19,20)13-6-5-11(16)9-12(13)15/h5-6,9H,2-4,7-8H2,1H3. The van der Waals surface area contributed by atoms with E-state index in [0.717, 1.165) is 35.7 Å². The average Bonchev–Trinajstić information content (AvgIpc) is 2.46. The molecule has 2 rings (SSSR count). The molecule has 0 atom stereocenters. The molecule has 1 saturated carbocycles. The van der Waals surface area contributed by atoms with E-state index >= 15 is 0 Å². The first-order chi connectivity index (χ1) is 9.83. The summed E-state index contributed by atoms with van der Waals surface area (Å²) in [5.74, 6) is -0.517. The molecule has 0 aliphatic heterocycles. The highest BCUT2D eigenvalue weighted by Crippen LogP contribution is 2.37. The largest absolute Gasteiger partial charge is 0.245 e. The van der Waals surface area contributed by atoms with Crippen LogP contribution in [-0.2, 0) is 10.0 Å². The Morgan fingerprint density at radius 3 is 2.48 bits per heavy atom. The first-order valence-corrected chi connectivity index (χ1v) is 8.92. The fourth-order valence-electron chi connectivity index (χ4n) is 2.70. The summed E-state index contributed by atoms with van der Waals surface area (Å²) in [5.41, 5.74) is -1.01. The van der Waals surface area contributed by atoms with Crippen molar-refractivity contribution in [3.63, 3.8) is 0 Å². The van der Waals surface area contributed by atoms with E-state index in [1.807, 2.05) is 0 Å². The number of hydrogen-bond donors (Lipinski definition) is 0. The third kappa shape index (κ3) is 2.98. The van der Waals surface area contributed by atoms with Crippen LogP contribution < -0.4 is 0 Å². The first kappa shape index (κ1) is 16.4. The second kappa shape index (κ2) is 6.03. The molecule has 7 heteroatoms. The monoisotopic (exact) mass is 374 g/mol. The predicted octanol–water partition coefficient (Wildman–Crippen LogP) is 3.44. The van der Waals surface area contributed by atoms with E-state index in [1.165, 1.54) is 13.1 Å². The minimum atomic E-state index is -3.86. The van der Waals surface area contributed by atoms with Gasteiger partial charge in [0.15, 0.2) is 0 Å². The molecule has 1 fully saturated rings. The summed E-state index contributed by atoms with van der Waals surface area (Å²) in [7, 11) is -2.43. The van der Waals surface area contributed by atoms with Gasteiger partial charge in [0.1, 0.15) is 11.4 Å². The Kier molecular flexibility index (Phi) is 4.71. The third-order valence-electron chi connectivity index (χ3n) is 4.02. The van der Waals surface area contributed by atoms with Gasteiger partial charge in [-0.25, -0.2) is 12.8 Å². The van der Waals surface area contributed by atoms with Gasteiger partial charge >= 0.3 is 0 Å². The van der Waals surface area contributed by atoms with E-state index in [0.29, 0.717) is 12.8 Å². The second-order valence-electron chi connectivity index (χ2n) is 5.25. The zero-order valence-corrected chi connectivity index (χ0v) is 14.0. The van der Waals surface area contributed by atoms with Gasteiger partial charge in [0.25, 0.3) is 0 Å². The summed E-state index contributed by atoms with van der Waals surface area (Å²) in [6.07, 6.45) is 3.73. The lowest BCUT2D eigenvalue weighted by Crippen LogP contribution is -2.49. The van der Waals surface area contributed by atoms with E-state index in [1.54, 1.807) is 0 Å². The Hall–Kier alpha value is -0.970. The number of hydrogen-bond acceptors (Lipinski definition) is 3. The minimum Gasteiger partial charge on any atom is -0.207 e. The molecule has 21 heavy (non-hydrogen) atoms. The van der Waals surface area contributed by atoms with Gasteiger partial charge in [-0.2, -0.15) is 9.57 Å². The highest BCUT2D eigenvalue weighted by atomic mass is 79.9. The van der Waals surface area contributed by atoms with Gasteiger partial charge in [0, 0.05) is 11.5 Å². The summed E-state index contributed by atoms with van der Waals surface area (Å²) in [6, 6.07) is 5.62. The summed E-state index contributed by atoms with van der Waals surface area (Å²) >= 11 is 3.09. The van der Waals surface area contributed by atoms with E-state index in [-0.39, 0.29) is 9.37 Å². The lowest BCUT2D eigenvalue weighted by Gasteiger charge is -2.38. The molecule has 1 aromatic carbocycles. The molecule has 1 aliphatic carbocycles. The fraction of sp³-hybridized carbons (Fsp3) is 0.500. The van der Waals surface area contributed by atoms with Crippen molar-refractivity contribution in [3.8, 4) is 6.07 Å². The Morgan fingerprint density at radius 1 is 1.33 bits per heavy atom. The van der Waals surface area contributed by atoms with E-state index < -0.39 is 21.4 Å². The molecule has 0 N–H and O–H groups in total. The van der Waals surface area contributed by atoms with Crippen molar-refractivity contribution in [1.82, 2.24) is 4.31 Å². The van der Waals surface area contributed by atoms with Crippen LogP contribution in [0.4, 0.5) is 4.39 Å². The highest BCUT2D eigenvalue weighted by molar-refractivity contribution is 9.10. The summed E-state index contributed by atoms with van der Waals surface area (Å²) in [4.78, 5) is -0.0217. The van der Waals surface area contributed by atoms with Gasteiger partial charge in [-0.05, 0) is 47.0 Å². The molecular formula is C14H16BrFN2O2S. The Labute approximate surface area is 132 Å². The lowest BCUT2D eigenvalue weighted by molar-refractivity contribution is 0.212. The maximum Gasteiger partial charge on any atom is 0.245 e. The average molecular weight is 375 g/mol. The normalized spacial score (nSPS) is 18.4. The van der Waals surface area contributed by atoms with Gasteiger partial charge in [0.05, 0.1) is 11.0 Å². The van der Waals surface area contributed by atoms with Crippen LogP contribution in [0.15, 0.2) is 27.6 Å². The second-order valence-corrected chi connectivity index (χ2v) is 8.04. The highest BCUT2D eigenvalue weighted by Gasteiger charge is 2.43. The van der Waals surface area contributed by atoms with Crippen LogP contribution in [-0.4, -0.2) is 25.3 Å². The van der Waals surface area contributed by atoms with Crippen LogP contribution in [0, 0.1) is 17.1 Å². The molecule has 4 nitrogen and oxygen atoms in total. The maximum atomic E-state index is 13.1. The summed E-state index contributed by atoms with van der Waals surface area (Å²) in [6.45, 7) is 0. The Balaban J connectivity index is 2.45. The molecular weight excluding hydrogens is 359 g/mol. The molecule has 1 aliphatic rings. The van der Waals surface area contributed by atoms with Crippen molar-refractivity contribution in [1.29, 1.82) is 5.26 Å². The Morgan fingerprint density at radius 2 is 1.95 bits per heavy atom. The molecule has 0 amide bonds. The van der Waals surface area contributed by atoms with Gasteiger partial charge in [-0.15, -0.1) is 0 Å². The molecule has 0 bridgehead atoms. The molecule has 0 unspecified atom stereocenters. The molecule has 0 saturated heterocycles. The minimum absolute atomic E-state index is 0.0217. The van der Waals surface area contributed by atoms with E-state index in [9.17, 15) is 18.1 Å². The van der Waals surface area contributed by atoms with E-state index in [4.69, 9.17) is 0 Å². The van der Waals surface area contributed by atoms with Crippen molar-refractivity contribution in [2.24, 2.45) is 0 Å². The number of benzene rings is 1. The Bertz CT molecular complexity index is 679. The molecule has 114 valence electrons. The van der Waals surface area contributed by atoms with Crippen molar-refractivity contribution < 1.29 is 12.8 Å². The van der Waals surface area contributed by atoms with Crippen LogP contribution in [0.5, 0.6) is 0 Å². The topological polar surface area (TPSA) is 61.2 Å². The quantitative estimate of drug-likeness (QED) is 0.813. The van der Waals surface area contributed by atoms with E-state index in [2.05, 4.69) is 22.0 Å². The molecule has 0 aromatic heterocycles. The predicted molar refractivity (Wildman–Crippen MR) is 80.5 cm³/mol. The number of nitriles is 1. The fourth-order valence-corrected chi connectivity index (χ4v) is 5.18. The van der Waals surface area contributed by atoms with Crippen molar-refractivity contribution in [2.75, 3.05) is 7.05 Å². The van der Waals surface area contributed by atoms with Crippen LogP contribution in [0.2, 0.25) is 0 Å². The number of halogens is 2. The van der Waals surface area contributed by atoms with Crippen molar-refractivity contribution in [2.45, 2.75) is 42.5 Å². The smallest absolute Gasteiger partial charge is 0.207 e. The van der Waals surface area contributed by atoms with Gasteiger partial charge in [0.2, 0.25) is 10.0 Å².